The first-order valence-corrected chi connectivity index (χ1v) is 7.99. The molecule has 21 heavy (non-hydrogen) atoms. The average Bonchev–Trinajstić information content (AvgIpc) is 2.94. The first-order chi connectivity index (χ1) is 10.0. The van der Waals surface area contributed by atoms with Crippen molar-refractivity contribution in [1.82, 2.24) is 5.32 Å². The highest BCUT2D eigenvalue weighted by Crippen LogP contribution is 2.33. The molecule has 0 radical (unpaired) electrons. The van der Waals surface area contributed by atoms with Crippen LogP contribution in [0.4, 0.5) is 10.1 Å². The van der Waals surface area contributed by atoms with Crippen molar-refractivity contribution in [3.63, 3.8) is 0 Å². The second-order valence-corrected chi connectivity index (χ2v) is 6.09. The van der Waals surface area contributed by atoms with Crippen LogP contribution < -0.4 is 10.2 Å². The molecule has 1 aromatic rings. The van der Waals surface area contributed by atoms with Gasteiger partial charge >= 0.3 is 0 Å². The van der Waals surface area contributed by atoms with E-state index in [-0.39, 0.29) is 23.9 Å². The van der Waals surface area contributed by atoms with Crippen LogP contribution in [-0.2, 0) is 0 Å². The Morgan fingerprint density at radius 1 is 1.43 bits per heavy atom. The van der Waals surface area contributed by atoms with Crippen molar-refractivity contribution in [3.05, 3.63) is 29.6 Å². The monoisotopic (exact) mass is 294 g/mol. The van der Waals surface area contributed by atoms with Crippen molar-refractivity contribution in [1.29, 1.82) is 0 Å². The molecule has 1 aliphatic rings. The number of hydrogen-bond acceptors (Lipinski definition) is 3. The molecule has 0 aliphatic carbocycles. The van der Waals surface area contributed by atoms with Crippen LogP contribution in [0.1, 0.15) is 45.2 Å². The number of rotatable bonds is 6. The van der Waals surface area contributed by atoms with Crippen LogP contribution in [-0.4, -0.2) is 30.8 Å². The highest BCUT2D eigenvalue weighted by atomic mass is 19.1. The summed E-state index contributed by atoms with van der Waals surface area (Å²) in [6.45, 7) is 8.49. The highest BCUT2D eigenvalue weighted by Gasteiger charge is 2.29. The van der Waals surface area contributed by atoms with E-state index in [9.17, 15) is 9.50 Å². The molecule has 0 bridgehead atoms. The van der Waals surface area contributed by atoms with E-state index in [0.717, 1.165) is 38.0 Å². The summed E-state index contributed by atoms with van der Waals surface area (Å²) >= 11 is 0. The van der Waals surface area contributed by atoms with Gasteiger partial charge in [-0.25, -0.2) is 4.39 Å². The Morgan fingerprint density at radius 2 is 2.19 bits per heavy atom. The Kier molecular flexibility index (Phi) is 5.59. The number of para-hydroxylation sites is 1. The number of benzene rings is 1. The Morgan fingerprint density at radius 3 is 2.81 bits per heavy atom. The Balaban J connectivity index is 2.22. The van der Waals surface area contributed by atoms with Crippen LogP contribution in [0.15, 0.2) is 18.2 Å². The fourth-order valence-corrected chi connectivity index (χ4v) is 3.07. The molecule has 0 amide bonds. The molecule has 2 N–H and O–H groups in total. The topological polar surface area (TPSA) is 35.5 Å². The van der Waals surface area contributed by atoms with Crippen LogP contribution in [0.25, 0.3) is 0 Å². The Bertz CT molecular complexity index is 464. The van der Waals surface area contributed by atoms with E-state index in [4.69, 9.17) is 0 Å². The molecule has 3 atom stereocenters. The molecule has 3 unspecified atom stereocenters. The summed E-state index contributed by atoms with van der Waals surface area (Å²) in [5, 5.41) is 13.2. The number of aliphatic hydroxyl groups is 1. The third-order valence-corrected chi connectivity index (χ3v) is 4.41. The summed E-state index contributed by atoms with van der Waals surface area (Å²) in [6, 6.07) is 5.43. The van der Waals surface area contributed by atoms with E-state index in [2.05, 4.69) is 24.1 Å². The molecular formula is C17H27FN2O. The maximum atomic E-state index is 14.4. The predicted octanol–water partition coefficient (Wildman–Crippen LogP) is 3.09. The van der Waals surface area contributed by atoms with Gasteiger partial charge in [-0.1, -0.05) is 19.1 Å². The van der Waals surface area contributed by atoms with Crippen LogP contribution in [0.2, 0.25) is 0 Å². The van der Waals surface area contributed by atoms with Gasteiger partial charge in [-0.3, -0.25) is 0 Å². The molecule has 2 rings (SSSR count). The quantitative estimate of drug-likeness (QED) is 0.846. The second kappa shape index (κ2) is 7.23. The van der Waals surface area contributed by atoms with Crippen molar-refractivity contribution in [2.75, 3.05) is 24.5 Å². The number of nitrogens with one attached hydrogen (secondary N) is 1. The van der Waals surface area contributed by atoms with Gasteiger partial charge < -0.3 is 15.3 Å². The van der Waals surface area contributed by atoms with E-state index in [0.29, 0.717) is 5.69 Å². The molecule has 1 saturated heterocycles. The van der Waals surface area contributed by atoms with Gasteiger partial charge in [0.2, 0.25) is 0 Å². The molecule has 1 aliphatic heterocycles. The normalized spacial score (nSPS) is 21.6. The third-order valence-electron chi connectivity index (χ3n) is 4.41. The zero-order valence-corrected chi connectivity index (χ0v) is 13.3. The molecule has 118 valence electrons. The summed E-state index contributed by atoms with van der Waals surface area (Å²) in [6.07, 6.45) is 1.64. The molecule has 0 saturated carbocycles. The summed E-state index contributed by atoms with van der Waals surface area (Å²) in [7, 11) is 0. The van der Waals surface area contributed by atoms with Crippen molar-refractivity contribution in [2.45, 2.75) is 45.8 Å². The number of nitrogens with zero attached hydrogens (tertiary/aromatic N) is 1. The summed E-state index contributed by atoms with van der Waals surface area (Å²) in [5.74, 6) is 0.0697. The molecule has 3 nitrogen and oxygen atoms in total. The number of hydrogen-bond donors (Lipinski definition) is 2. The lowest BCUT2D eigenvalue weighted by Gasteiger charge is -2.26. The van der Waals surface area contributed by atoms with Gasteiger partial charge in [0, 0.05) is 25.0 Å². The van der Waals surface area contributed by atoms with Crippen LogP contribution in [0.5, 0.6) is 0 Å². The Hall–Kier alpha value is -1.13. The smallest absolute Gasteiger partial charge is 0.146 e. The van der Waals surface area contributed by atoms with E-state index >= 15 is 0 Å². The van der Waals surface area contributed by atoms with E-state index in [1.165, 1.54) is 6.07 Å². The Labute approximate surface area is 127 Å². The van der Waals surface area contributed by atoms with Crippen LogP contribution in [0, 0.1) is 11.7 Å². The maximum absolute atomic E-state index is 14.4. The number of aliphatic hydroxyl groups excluding tert-OH is 1. The predicted molar refractivity (Wildman–Crippen MR) is 85.1 cm³/mol. The minimum Gasteiger partial charge on any atom is -0.393 e. The van der Waals surface area contributed by atoms with Crippen molar-refractivity contribution in [3.8, 4) is 0 Å². The van der Waals surface area contributed by atoms with Gasteiger partial charge in [0.1, 0.15) is 5.82 Å². The van der Waals surface area contributed by atoms with Gasteiger partial charge in [0.05, 0.1) is 11.8 Å². The molecule has 1 heterocycles. The minimum atomic E-state index is -0.333. The van der Waals surface area contributed by atoms with Gasteiger partial charge in [0.25, 0.3) is 0 Å². The average molecular weight is 294 g/mol. The first-order valence-electron chi connectivity index (χ1n) is 7.99. The fraction of sp³-hybridized carbons (Fsp3) is 0.647. The van der Waals surface area contributed by atoms with E-state index in [1.54, 1.807) is 6.07 Å². The minimum absolute atomic E-state index is 0.126. The van der Waals surface area contributed by atoms with Crippen molar-refractivity contribution >= 4 is 5.69 Å². The number of anilines is 1. The SMILES string of the molecule is CCCNC(C)c1cccc(F)c1N1CCC(C(C)O)C1. The standard InChI is InChI=1S/C17H27FN2O/c1-4-9-19-12(2)15-6-5-7-16(18)17(15)20-10-8-14(11-20)13(3)21/h5-7,12-14,19,21H,4,8-11H2,1-3H3. The number of halogens is 1. The molecule has 0 aromatic heterocycles. The third kappa shape index (κ3) is 3.74. The van der Waals surface area contributed by atoms with E-state index in [1.807, 2.05) is 13.0 Å². The maximum Gasteiger partial charge on any atom is 0.146 e. The van der Waals surface area contributed by atoms with Gasteiger partial charge in [-0.2, -0.15) is 0 Å². The summed E-state index contributed by atoms with van der Waals surface area (Å²) < 4.78 is 14.4. The van der Waals surface area contributed by atoms with Crippen LogP contribution >= 0.6 is 0 Å². The lowest BCUT2D eigenvalue weighted by Crippen LogP contribution is -2.28. The van der Waals surface area contributed by atoms with E-state index < -0.39 is 0 Å². The van der Waals surface area contributed by atoms with Gasteiger partial charge in [-0.15, -0.1) is 0 Å². The van der Waals surface area contributed by atoms with Gasteiger partial charge in [-0.05, 0) is 44.9 Å². The molecule has 1 fully saturated rings. The lowest BCUT2D eigenvalue weighted by atomic mass is 10.0. The molecule has 4 heteroatoms. The van der Waals surface area contributed by atoms with Crippen molar-refractivity contribution < 1.29 is 9.50 Å². The fourth-order valence-electron chi connectivity index (χ4n) is 3.07. The zero-order valence-electron chi connectivity index (χ0n) is 13.3. The molecule has 1 aromatic carbocycles. The molecular weight excluding hydrogens is 267 g/mol. The highest BCUT2D eigenvalue weighted by molar-refractivity contribution is 5.57. The lowest BCUT2D eigenvalue weighted by molar-refractivity contribution is 0.136. The second-order valence-electron chi connectivity index (χ2n) is 6.09. The van der Waals surface area contributed by atoms with Gasteiger partial charge in [0.15, 0.2) is 0 Å². The largest absolute Gasteiger partial charge is 0.393 e. The molecule has 0 spiro atoms. The van der Waals surface area contributed by atoms with Crippen molar-refractivity contribution in [2.24, 2.45) is 5.92 Å². The summed E-state index contributed by atoms with van der Waals surface area (Å²) in [5.41, 5.74) is 1.71. The van der Waals surface area contributed by atoms with Crippen LogP contribution in [0.3, 0.4) is 0 Å². The first kappa shape index (κ1) is 16.2. The zero-order chi connectivity index (χ0) is 15.4. The summed E-state index contributed by atoms with van der Waals surface area (Å²) in [4.78, 5) is 2.09.